The molecule has 6 heteroatoms. The first-order chi connectivity index (χ1) is 10.2. The number of nitrogens with zero attached hydrogens (tertiary/aromatic N) is 1. The van der Waals surface area contributed by atoms with Crippen LogP contribution in [0.3, 0.4) is 0 Å². The Labute approximate surface area is 137 Å². The Bertz CT molecular complexity index is 518. The fourth-order valence-electron chi connectivity index (χ4n) is 1.91. The number of nitrogens with one attached hydrogen (secondary N) is 2. The van der Waals surface area contributed by atoms with Crippen molar-refractivity contribution in [2.75, 3.05) is 13.1 Å². The molecule has 0 aliphatic carbocycles. The number of aryl methyl sites for hydroxylation is 2. The van der Waals surface area contributed by atoms with Gasteiger partial charge in [0.15, 0.2) is 0 Å². The van der Waals surface area contributed by atoms with Crippen molar-refractivity contribution in [3.8, 4) is 0 Å². The molecule has 1 aromatic rings. The molecule has 0 fully saturated rings. The van der Waals surface area contributed by atoms with Crippen molar-refractivity contribution in [2.24, 2.45) is 0 Å². The summed E-state index contributed by atoms with van der Waals surface area (Å²) in [4.78, 5) is 17.2. The third-order valence-electron chi connectivity index (χ3n) is 2.82. The van der Waals surface area contributed by atoms with Gasteiger partial charge >= 0.3 is 6.09 Å². The van der Waals surface area contributed by atoms with Gasteiger partial charge in [-0.2, -0.15) is 0 Å². The highest BCUT2D eigenvalue weighted by Gasteiger charge is 2.15. The van der Waals surface area contributed by atoms with E-state index < -0.39 is 11.7 Å². The number of amides is 1. The average molecular weight is 325 g/mol. The standard InChI is InChI=1S/C16H27N3O2S/c1-11(14-12(2)22-13(3)19-14)17-9-7-8-10-18-15(20)21-16(4,5)6/h7-8,11,17H,9-10H2,1-6H3,(H,18,20)/b8-7+. The summed E-state index contributed by atoms with van der Waals surface area (Å²) in [5, 5.41) is 7.17. The van der Waals surface area contributed by atoms with E-state index >= 15 is 0 Å². The summed E-state index contributed by atoms with van der Waals surface area (Å²) < 4.78 is 5.15. The lowest BCUT2D eigenvalue weighted by molar-refractivity contribution is 0.0534. The molecule has 0 aromatic carbocycles. The predicted molar refractivity (Wildman–Crippen MR) is 91.4 cm³/mol. The summed E-state index contributed by atoms with van der Waals surface area (Å²) in [6.07, 6.45) is 3.50. The lowest BCUT2D eigenvalue weighted by atomic mass is 10.2. The molecule has 1 unspecified atom stereocenters. The average Bonchev–Trinajstić information content (AvgIpc) is 2.70. The van der Waals surface area contributed by atoms with Gasteiger partial charge < -0.3 is 15.4 Å². The van der Waals surface area contributed by atoms with Crippen LogP contribution in [0.2, 0.25) is 0 Å². The molecule has 0 aliphatic rings. The lowest BCUT2D eigenvalue weighted by Crippen LogP contribution is -2.32. The molecule has 1 amide bonds. The van der Waals surface area contributed by atoms with Gasteiger partial charge in [-0.3, -0.25) is 0 Å². The highest BCUT2D eigenvalue weighted by Crippen LogP contribution is 2.22. The van der Waals surface area contributed by atoms with E-state index in [2.05, 4.69) is 29.5 Å². The van der Waals surface area contributed by atoms with Crippen LogP contribution in [0.15, 0.2) is 12.2 Å². The van der Waals surface area contributed by atoms with Crippen LogP contribution < -0.4 is 10.6 Å². The number of carbonyl (C=O) groups is 1. The number of carbonyl (C=O) groups excluding carboxylic acids is 1. The van der Waals surface area contributed by atoms with E-state index in [-0.39, 0.29) is 6.04 Å². The Morgan fingerprint density at radius 1 is 1.32 bits per heavy atom. The van der Waals surface area contributed by atoms with Crippen molar-refractivity contribution in [3.05, 3.63) is 27.7 Å². The van der Waals surface area contributed by atoms with E-state index in [4.69, 9.17) is 4.74 Å². The topological polar surface area (TPSA) is 63.2 Å². The molecule has 0 radical (unpaired) electrons. The number of hydrogen-bond acceptors (Lipinski definition) is 5. The Kier molecular flexibility index (Phi) is 7.03. The van der Waals surface area contributed by atoms with Gasteiger partial charge in [0.2, 0.25) is 0 Å². The molecule has 0 bridgehead atoms. The Hall–Kier alpha value is -1.40. The fourth-order valence-corrected chi connectivity index (χ4v) is 2.83. The van der Waals surface area contributed by atoms with Gasteiger partial charge in [-0.15, -0.1) is 11.3 Å². The molecule has 124 valence electrons. The molecule has 22 heavy (non-hydrogen) atoms. The smallest absolute Gasteiger partial charge is 0.407 e. The first-order valence-electron chi connectivity index (χ1n) is 7.48. The largest absolute Gasteiger partial charge is 0.444 e. The quantitative estimate of drug-likeness (QED) is 0.786. The number of rotatable bonds is 6. The number of aromatic nitrogens is 1. The maximum Gasteiger partial charge on any atom is 0.407 e. The van der Waals surface area contributed by atoms with Crippen molar-refractivity contribution >= 4 is 17.4 Å². The minimum atomic E-state index is -0.464. The SMILES string of the molecule is Cc1nc(C(C)NC/C=C/CNC(=O)OC(C)(C)C)c(C)s1. The van der Waals surface area contributed by atoms with Crippen molar-refractivity contribution in [3.63, 3.8) is 0 Å². The van der Waals surface area contributed by atoms with Gasteiger partial charge in [0, 0.05) is 24.0 Å². The second kappa shape index (κ2) is 8.29. The Balaban J connectivity index is 2.24. The molecule has 1 aromatic heterocycles. The van der Waals surface area contributed by atoms with Gasteiger partial charge in [0.05, 0.1) is 10.7 Å². The van der Waals surface area contributed by atoms with Crippen molar-refractivity contribution < 1.29 is 9.53 Å². The minimum Gasteiger partial charge on any atom is -0.444 e. The van der Waals surface area contributed by atoms with Gasteiger partial charge in [-0.1, -0.05) is 12.2 Å². The molecule has 2 N–H and O–H groups in total. The molecule has 1 rings (SSSR count). The summed E-state index contributed by atoms with van der Waals surface area (Å²) in [5.74, 6) is 0. The van der Waals surface area contributed by atoms with Crippen LogP contribution in [0, 0.1) is 13.8 Å². The molecular weight excluding hydrogens is 298 g/mol. The second-order valence-corrected chi connectivity index (χ2v) is 7.57. The third kappa shape index (κ3) is 7.04. The zero-order valence-electron chi connectivity index (χ0n) is 14.3. The maximum absolute atomic E-state index is 11.4. The molecule has 0 aliphatic heterocycles. The summed E-state index contributed by atoms with van der Waals surface area (Å²) in [6.45, 7) is 12.9. The van der Waals surface area contributed by atoms with Crippen molar-refractivity contribution in [1.82, 2.24) is 15.6 Å². The molecule has 0 saturated carbocycles. The molecule has 1 atom stereocenters. The van der Waals surface area contributed by atoms with Crippen LogP contribution in [-0.4, -0.2) is 29.8 Å². The second-order valence-electron chi connectivity index (χ2n) is 6.16. The number of hydrogen-bond donors (Lipinski definition) is 2. The molecule has 5 nitrogen and oxygen atoms in total. The third-order valence-corrected chi connectivity index (χ3v) is 3.72. The van der Waals surface area contributed by atoms with Crippen LogP contribution in [0.25, 0.3) is 0 Å². The van der Waals surface area contributed by atoms with E-state index in [1.54, 1.807) is 11.3 Å². The zero-order valence-corrected chi connectivity index (χ0v) is 15.1. The van der Waals surface area contributed by atoms with Crippen LogP contribution in [0.1, 0.15) is 49.3 Å². The molecule has 0 spiro atoms. The normalized spacial score (nSPS) is 13.4. The van der Waals surface area contributed by atoms with Gasteiger partial charge in [0.1, 0.15) is 5.60 Å². The number of thiazole rings is 1. The molecule has 0 saturated heterocycles. The molecular formula is C16H27N3O2S. The monoisotopic (exact) mass is 325 g/mol. The minimum absolute atomic E-state index is 0.216. The number of alkyl carbamates (subject to hydrolysis) is 1. The summed E-state index contributed by atoms with van der Waals surface area (Å²) in [6, 6.07) is 0.216. The summed E-state index contributed by atoms with van der Waals surface area (Å²) >= 11 is 1.72. The fraction of sp³-hybridized carbons (Fsp3) is 0.625. The zero-order chi connectivity index (χ0) is 16.8. The summed E-state index contributed by atoms with van der Waals surface area (Å²) in [5.41, 5.74) is 0.650. The van der Waals surface area contributed by atoms with Crippen molar-refractivity contribution in [1.29, 1.82) is 0 Å². The maximum atomic E-state index is 11.4. The Morgan fingerprint density at radius 3 is 2.50 bits per heavy atom. The highest BCUT2D eigenvalue weighted by molar-refractivity contribution is 7.11. The van der Waals surface area contributed by atoms with Crippen LogP contribution in [-0.2, 0) is 4.74 Å². The van der Waals surface area contributed by atoms with Crippen LogP contribution in [0.4, 0.5) is 4.79 Å². The van der Waals surface area contributed by atoms with Crippen LogP contribution >= 0.6 is 11.3 Å². The number of ether oxygens (including phenoxy) is 1. The highest BCUT2D eigenvalue weighted by atomic mass is 32.1. The van der Waals surface area contributed by atoms with E-state index in [0.29, 0.717) is 6.54 Å². The van der Waals surface area contributed by atoms with E-state index in [1.807, 2.05) is 39.8 Å². The van der Waals surface area contributed by atoms with Gasteiger partial charge in [-0.05, 0) is 41.5 Å². The Morgan fingerprint density at radius 2 is 1.95 bits per heavy atom. The summed E-state index contributed by atoms with van der Waals surface area (Å²) in [7, 11) is 0. The van der Waals surface area contributed by atoms with E-state index in [0.717, 1.165) is 17.2 Å². The van der Waals surface area contributed by atoms with Crippen LogP contribution in [0.5, 0.6) is 0 Å². The van der Waals surface area contributed by atoms with E-state index in [1.165, 1.54) is 4.88 Å². The molecule has 1 heterocycles. The predicted octanol–water partition coefficient (Wildman–Crippen LogP) is 3.49. The van der Waals surface area contributed by atoms with Crippen molar-refractivity contribution in [2.45, 2.75) is 53.2 Å². The van der Waals surface area contributed by atoms with E-state index in [9.17, 15) is 4.79 Å². The van der Waals surface area contributed by atoms with Gasteiger partial charge in [0.25, 0.3) is 0 Å². The van der Waals surface area contributed by atoms with Gasteiger partial charge in [-0.25, -0.2) is 9.78 Å². The first-order valence-corrected chi connectivity index (χ1v) is 8.30. The first kappa shape index (κ1) is 18.6. The lowest BCUT2D eigenvalue weighted by Gasteiger charge is -2.19.